The number of nitrogens with zero attached hydrogens (tertiary/aromatic N) is 3. The summed E-state index contributed by atoms with van der Waals surface area (Å²) < 4.78 is 12.0. The highest BCUT2D eigenvalue weighted by Crippen LogP contribution is 2.30. The van der Waals surface area contributed by atoms with Gasteiger partial charge in [0.15, 0.2) is 5.88 Å². The summed E-state index contributed by atoms with van der Waals surface area (Å²) in [6, 6.07) is 11.1. The number of aromatic nitrogens is 2. The van der Waals surface area contributed by atoms with Crippen molar-refractivity contribution >= 4 is 33.7 Å². The first-order valence-electron chi connectivity index (χ1n) is 9.50. The number of anilines is 1. The molecule has 3 aromatic rings. The molecule has 7 nitrogen and oxygen atoms in total. The minimum atomic E-state index is -0.703. The van der Waals surface area contributed by atoms with Crippen molar-refractivity contribution in [3.05, 3.63) is 47.8 Å². The summed E-state index contributed by atoms with van der Waals surface area (Å²) in [4.78, 5) is 25.3. The smallest absolute Gasteiger partial charge is 0.297 e. The van der Waals surface area contributed by atoms with Gasteiger partial charge in [0.25, 0.3) is 11.7 Å². The van der Waals surface area contributed by atoms with Crippen LogP contribution >= 0.6 is 11.5 Å². The van der Waals surface area contributed by atoms with Crippen LogP contribution in [0, 0.1) is 24.2 Å². The summed E-state index contributed by atoms with van der Waals surface area (Å²) in [5.74, 6) is -0.699. The van der Waals surface area contributed by atoms with Gasteiger partial charge in [0.2, 0.25) is 0 Å². The van der Waals surface area contributed by atoms with Gasteiger partial charge >= 0.3 is 0 Å². The number of nitriles is 1. The first kappa shape index (κ1) is 19.2. The number of hydrogen-bond donors (Lipinski definition) is 1. The number of carbonyl (C=O) groups excluding carboxylic acids is 2. The molecule has 0 aromatic carbocycles. The number of nitrogens with one attached hydrogen (secondary N) is 1. The Hall–Kier alpha value is -3.18. The normalized spacial score (nSPS) is 18.9. The predicted molar refractivity (Wildman–Crippen MR) is 109 cm³/mol. The minimum Gasteiger partial charge on any atom is -0.475 e. The number of amides is 1. The lowest BCUT2D eigenvalue weighted by Crippen LogP contribution is -2.24. The lowest BCUT2D eigenvalue weighted by molar-refractivity contribution is -0.112. The van der Waals surface area contributed by atoms with Crippen molar-refractivity contribution < 1.29 is 14.3 Å². The van der Waals surface area contributed by atoms with E-state index < -0.39 is 11.7 Å². The molecule has 0 saturated heterocycles. The van der Waals surface area contributed by atoms with Crippen LogP contribution in [-0.4, -0.2) is 26.6 Å². The molecule has 0 bridgehead atoms. The maximum Gasteiger partial charge on any atom is 0.297 e. The van der Waals surface area contributed by atoms with Gasteiger partial charge in [-0.1, -0.05) is 6.07 Å². The van der Waals surface area contributed by atoms with E-state index in [1.54, 1.807) is 22.6 Å². The van der Waals surface area contributed by atoms with Crippen molar-refractivity contribution in [1.29, 1.82) is 5.26 Å². The van der Waals surface area contributed by atoms with Gasteiger partial charge < -0.3 is 10.1 Å². The minimum absolute atomic E-state index is 0.00477. The summed E-state index contributed by atoms with van der Waals surface area (Å²) >= 11 is 1.14. The lowest BCUT2D eigenvalue weighted by atomic mass is 9.88. The molecule has 29 heavy (non-hydrogen) atoms. The summed E-state index contributed by atoms with van der Waals surface area (Å²) in [6.07, 6.45) is 5.03. The Morgan fingerprint density at radius 2 is 2.07 bits per heavy atom. The van der Waals surface area contributed by atoms with Gasteiger partial charge in [0, 0.05) is 18.2 Å². The van der Waals surface area contributed by atoms with Gasteiger partial charge in [0.1, 0.15) is 11.1 Å². The quantitative estimate of drug-likeness (QED) is 0.509. The molecule has 1 aliphatic carbocycles. The third-order valence-electron chi connectivity index (χ3n) is 5.10. The fourth-order valence-electron chi connectivity index (χ4n) is 3.59. The summed E-state index contributed by atoms with van der Waals surface area (Å²) in [5, 5.41) is 12.2. The van der Waals surface area contributed by atoms with Crippen LogP contribution in [0.2, 0.25) is 0 Å². The second kappa shape index (κ2) is 8.05. The Balaban J connectivity index is 1.56. The van der Waals surface area contributed by atoms with E-state index in [9.17, 15) is 9.59 Å². The molecule has 4 rings (SSSR count). The van der Waals surface area contributed by atoms with Crippen LogP contribution in [0.5, 0.6) is 5.88 Å². The van der Waals surface area contributed by atoms with E-state index >= 15 is 0 Å². The largest absolute Gasteiger partial charge is 0.475 e. The number of hydrogen-bond acceptors (Lipinski definition) is 6. The molecular weight excluding hydrogens is 388 g/mol. The maximum atomic E-state index is 12.8. The van der Waals surface area contributed by atoms with Gasteiger partial charge in [-0.15, -0.1) is 0 Å². The third-order valence-corrected chi connectivity index (χ3v) is 5.90. The van der Waals surface area contributed by atoms with Crippen LogP contribution in [-0.2, 0) is 4.79 Å². The van der Waals surface area contributed by atoms with E-state index in [0.717, 1.165) is 42.9 Å². The number of carbonyl (C=O) groups is 2. The Morgan fingerprint density at radius 3 is 2.76 bits per heavy atom. The number of fused-ring (bicyclic) bond motifs is 1. The highest BCUT2D eigenvalue weighted by atomic mass is 32.1. The van der Waals surface area contributed by atoms with Crippen molar-refractivity contribution in [1.82, 2.24) is 8.77 Å². The molecule has 148 valence electrons. The van der Waals surface area contributed by atoms with Crippen LogP contribution in [0.1, 0.15) is 41.7 Å². The van der Waals surface area contributed by atoms with Crippen molar-refractivity contribution in [2.75, 3.05) is 5.32 Å². The van der Waals surface area contributed by atoms with Gasteiger partial charge in [-0.2, -0.15) is 9.64 Å². The number of ether oxygens (including phenoxy) is 1. The van der Waals surface area contributed by atoms with E-state index in [-0.39, 0.29) is 12.0 Å². The van der Waals surface area contributed by atoms with Crippen LogP contribution in [0.4, 0.5) is 5.00 Å². The van der Waals surface area contributed by atoms with Gasteiger partial charge in [-0.25, -0.2) is 0 Å². The molecule has 0 aliphatic heterocycles. The average molecular weight is 408 g/mol. The summed E-state index contributed by atoms with van der Waals surface area (Å²) in [5.41, 5.74) is 1.70. The number of rotatable bonds is 5. The molecule has 3 heterocycles. The Kier molecular flexibility index (Phi) is 5.32. The number of aryl methyl sites for hydroxylation is 1. The zero-order valence-electron chi connectivity index (χ0n) is 15.9. The zero-order valence-corrected chi connectivity index (χ0v) is 16.7. The van der Waals surface area contributed by atoms with Crippen molar-refractivity contribution in [2.45, 2.75) is 38.7 Å². The highest BCUT2D eigenvalue weighted by Gasteiger charge is 2.26. The monoisotopic (exact) mass is 408 g/mol. The van der Waals surface area contributed by atoms with E-state index in [0.29, 0.717) is 22.0 Å². The molecule has 1 saturated carbocycles. The standard InChI is InChI=1S/C21H20N4O3S/c1-13-10-18(29-24-13)23-21(27)20(26)16-11-19(25-9-3-2-4-17(16)25)28-15-7-5-14(12-22)6-8-15/h2-4,9-11,14-15H,5-8H2,1H3,(H,23,27). The maximum absolute atomic E-state index is 12.8. The second-order valence-electron chi connectivity index (χ2n) is 7.19. The molecule has 1 amide bonds. The molecule has 1 aliphatic rings. The van der Waals surface area contributed by atoms with E-state index in [1.165, 1.54) is 0 Å². The van der Waals surface area contributed by atoms with Crippen molar-refractivity contribution in [3.63, 3.8) is 0 Å². The topological polar surface area (TPSA) is 96.5 Å². The first-order valence-corrected chi connectivity index (χ1v) is 10.3. The molecule has 0 radical (unpaired) electrons. The van der Waals surface area contributed by atoms with Gasteiger partial charge in [0.05, 0.1) is 22.8 Å². The van der Waals surface area contributed by atoms with Gasteiger partial charge in [-0.3, -0.25) is 14.0 Å². The SMILES string of the molecule is Cc1cc(NC(=O)C(=O)c2cc(OC3CCC(C#N)CC3)n3ccccc23)sn1. The number of Topliss-reactive ketones (excluding diaryl/α,β-unsaturated/α-hetero) is 1. The van der Waals surface area contributed by atoms with E-state index in [1.807, 2.05) is 25.3 Å². The molecule has 8 heteroatoms. The predicted octanol–water partition coefficient (Wildman–Crippen LogP) is 3.99. The van der Waals surface area contributed by atoms with Crippen molar-refractivity contribution in [3.8, 4) is 11.9 Å². The molecule has 0 spiro atoms. The van der Waals surface area contributed by atoms with Crippen LogP contribution in [0.15, 0.2) is 36.5 Å². The Labute approximate surface area is 172 Å². The number of pyridine rings is 1. The van der Waals surface area contributed by atoms with Crippen LogP contribution < -0.4 is 10.1 Å². The molecule has 1 fully saturated rings. The fraction of sp³-hybridized carbons (Fsp3) is 0.333. The van der Waals surface area contributed by atoms with E-state index in [2.05, 4.69) is 15.8 Å². The summed E-state index contributed by atoms with van der Waals surface area (Å²) in [6.45, 7) is 1.82. The van der Waals surface area contributed by atoms with E-state index in [4.69, 9.17) is 10.00 Å². The fourth-order valence-corrected chi connectivity index (χ4v) is 4.25. The van der Waals surface area contributed by atoms with Crippen molar-refractivity contribution in [2.24, 2.45) is 5.92 Å². The molecular formula is C21H20N4O3S. The average Bonchev–Trinajstić information content (AvgIpc) is 3.31. The highest BCUT2D eigenvalue weighted by molar-refractivity contribution is 7.10. The molecule has 1 N–H and O–H groups in total. The van der Waals surface area contributed by atoms with Crippen LogP contribution in [0.25, 0.3) is 5.52 Å². The Bertz CT molecular complexity index is 1100. The summed E-state index contributed by atoms with van der Waals surface area (Å²) in [7, 11) is 0. The zero-order chi connectivity index (χ0) is 20.4. The number of ketones is 1. The first-order chi connectivity index (χ1) is 14.0. The third kappa shape index (κ3) is 4.00. The molecule has 0 atom stereocenters. The Morgan fingerprint density at radius 1 is 1.28 bits per heavy atom. The second-order valence-corrected chi connectivity index (χ2v) is 7.99. The lowest BCUT2D eigenvalue weighted by Gasteiger charge is -2.25. The molecule has 3 aromatic heterocycles. The van der Waals surface area contributed by atoms with Crippen LogP contribution in [0.3, 0.4) is 0 Å². The molecule has 0 unspecified atom stereocenters. The van der Waals surface area contributed by atoms with Gasteiger partial charge in [-0.05, 0) is 62.3 Å².